The van der Waals surface area contributed by atoms with Crippen LogP contribution in [-0.4, -0.2) is 31.8 Å². The van der Waals surface area contributed by atoms with Crippen molar-refractivity contribution in [2.75, 3.05) is 19.8 Å². The first-order valence-electron chi connectivity index (χ1n) is 6.05. The van der Waals surface area contributed by atoms with Gasteiger partial charge in [-0.15, -0.1) is 0 Å². The molecule has 0 fully saturated rings. The Morgan fingerprint density at radius 2 is 2.00 bits per heavy atom. The van der Waals surface area contributed by atoms with Crippen molar-refractivity contribution in [1.29, 1.82) is 0 Å². The third kappa shape index (κ3) is 9.93. The van der Waals surface area contributed by atoms with Gasteiger partial charge >= 0.3 is 5.97 Å². The Labute approximate surface area is 98.5 Å². The van der Waals surface area contributed by atoms with E-state index in [1.165, 1.54) is 0 Å². The minimum absolute atomic E-state index is 0.0749. The SMILES string of the molecule is CCCC(N)CC(=O)OCCOCC(C)C. The number of esters is 1. The van der Waals surface area contributed by atoms with E-state index in [0.717, 1.165) is 12.8 Å². The lowest BCUT2D eigenvalue weighted by molar-refractivity contribution is -0.145. The molecule has 2 N–H and O–H groups in total. The van der Waals surface area contributed by atoms with Gasteiger partial charge in [0.15, 0.2) is 0 Å². The van der Waals surface area contributed by atoms with Crippen molar-refractivity contribution in [2.24, 2.45) is 11.7 Å². The molecule has 96 valence electrons. The Balaban J connectivity index is 3.36. The van der Waals surface area contributed by atoms with E-state index in [-0.39, 0.29) is 12.0 Å². The van der Waals surface area contributed by atoms with Gasteiger partial charge in [-0.3, -0.25) is 4.79 Å². The van der Waals surface area contributed by atoms with Gasteiger partial charge in [0, 0.05) is 12.6 Å². The molecule has 16 heavy (non-hydrogen) atoms. The average molecular weight is 231 g/mol. The molecule has 1 atom stereocenters. The molecule has 0 aromatic rings. The first-order valence-corrected chi connectivity index (χ1v) is 6.05. The second kappa shape index (κ2) is 9.60. The van der Waals surface area contributed by atoms with Crippen molar-refractivity contribution >= 4 is 5.97 Å². The third-order valence-electron chi connectivity index (χ3n) is 2.03. The first kappa shape index (κ1) is 15.4. The summed E-state index contributed by atoms with van der Waals surface area (Å²) in [5.74, 6) is 0.280. The summed E-state index contributed by atoms with van der Waals surface area (Å²) in [5, 5.41) is 0. The molecule has 0 aromatic heterocycles. The highest BCUT2D eigenvalue weighted by molar-refractivity contribution is 5.70. The lowest BCUT2D eigenvalue weighted by Crippen LogP contribution is -2.25. The quantitative estimate of drug-likeness (QED) is 0.485. The number of carbonyl (C=O) groups excluding carboxylic acids is 1. The molecule has 0 aliphatic heterocycles. The standard InChI is InChI=1S/C12H25NO3/c1-4-5-11(13)8-12(14)16-7-6-15-9-10(2)3/h10-11H,4-9,13H2,1-3H3. The zero-order valence-corrected chi connectivity index (χ0v) is 10.7. The summed E-state index contributed by atoms with van der Waals surface area (Å²) in [6, 6.07) is -0.0749. The molecule has 0 rings (SSSR count). The van der Waals surface area contributed by atoms with Gasteiger partial charge in [-0.25, -0.2) is 0 Å². The van der Waals surface area contributed by atoms with Crippen LogP contribution in [0.2, 0.25) is 0 Å². The lowest BCUT2D eigenvalue weighted by Gasteiger charge is -2.10. The van der Waals surface area contributed by atoms with E-state index >= 15 is 0 Å². The van der Waals surface area contributed by atoms with Gasteiger partial charge in [0.25, 0.3) is 0 Å². The molecule has 4 heteroatoms. The van der Waals surface area contributed by atoms with E-state index in [2.05, 4.69) is 13.8 Å². The lowest BCUT2D eigenvalue weighted by atomic mass is 10.1. The van der Waals surface area contributed by atoms with E-state index in [9.17, 15) is 4.79 Å². The van der Waals surface area contributed by atoms with E-state index in [0.29, 0.717) is 32.2 Å². The number of nitrogens with two attached hydrogens (primary N) is 1. The Morgan fingerprint density at radius 1 is 1.31 bits per heavy atom. The first-order chi connectivity index (χ1) is 7.56. The highest BCUT2D eigenvalue weighted by atomic mass is 16.6. The van der Waals surface area contributed by atoms with Crippen LogP contribution in [0.15, 0.2) is 0 Å². The molecular formula is C12H25NO3. The van der Waals surface area contributed by atoms with E-state index in [1.54, 1.807) is 0 Å². The van der Waals surface area contributed by atoms with Gasteiger partial charge in [0.1, 0.15) is 6.61 Å². The Hall–Kier alpha value is -0.610. The molecule has 0 radical (unpaired) electrons. The van der Waals surface area contributed by atoms with Crippen LogP contribution in [0, 0.1) is 5.92 Å². The van der Waals surface area contributed by atoms with Crippen molar-refractivity contribution in [1.82, 2.24) is 0 Å². The molecule has 0 aliphatic rings. The summed E-state index contributed by atoms with van der Waals surface area (Å²) in [6.45, 7) is 7.70. The maximum atomic E-state index is 11.3. The van der Waals surface area contributed by atoms with Gasteiger partial charge in [-0.1, -0.05) is 27.2 Å². The molecule has 0 saturated carbocycles. The second-order valence-corrected chi connectivity index (χ2v) is 4.44. The summed E-state index contributed by atoms with van der Waals surface area (Å²) >= 11 is 0. The maximum Gasteiger partial charge on any atom is 0.307 e. The van der Waals surface area contributed by atoms with E-state index < -0.39 is 0 Å². The minimum atomic E-state index is -0.228. The van der Waals surface area contributed by atoms with Crippen LogP contribution in [-0.2, 0) is 14.3 Å². The molecule has 0 aromatic carbocycles. The largest absolute Gasteiger partial charge is 0.463 e. The van der Waals surface area contributed by atoms with Gasteiger partial charge < -0.3 is 15.2 Å². The van der Waals surface area contributed by atoms with Gasteiger partial charge in [-0.2, -0.15) is 0 Å². The average Bonchev–Trinajstić information content (AvgIpc) is 2.16. The monoisotopic (exact) mass is 231 g/mol. The number of hydrogen-bond donors (Lipinski definition) is 1. The summed E-state index contributed by atoms with van der Waals surface area (Å²) in [6.07, 6.45) is 2.16. The molecule has 0 amide bonds. The molecule has 0 saturated heterocycles. The molecule has 0 bridgehead atoms. The fourth-order valence-electron chi connectivity index (χ4n) is 1.28. The Kier molecular flexibility index (Phi) is 9.24. The van der Waals surface area contributed by atoms with Crippen molar-refractivity contribution in [3.05, 3.63) is 0 Å². The molecular weight excluding hydrogens is 206 g/mol. The molecule has 0 spiro atoms. The Morgan fingerprint density at radius 3 is 2.56 bits per heavy atom. The van der Waals surface area contributed by atoms with Crippen LogP contribution < -0.4 is 5.73 Å². The van der Waals surface area contributed by atoms with Crippen LogP contribution in [0.3, 0.4) is 0 Å². The van der Waals surface area contributed by atoms with Crippen molar-refractivity contribution < 1.29 is 14.3 Å². The predicted molar refractivity (Wildman–Crippen MR) is 64.1 cm³/mol. The van der Waals surface area contributed by atoms with Gasteiger partial charge in [0.05, 0.1) is 13.0 Å². The summed E-state index contributed by atoms with van der Waals surface area (Å²) in [7, 11) is 0. The molecule has 1 unspecified atom stereocenters. The zero-order chi connectivity index (χ0) is 12.4. The van der Waals surface area contributed by atoms with Crippen LogP contribution >= 0.6 is 0 Å². The maximum absolute atomic E-state index is 11.3. The number of carbonyl (C=O) groups is 1. The minimum Gasteiger partial charge on any atom is -0.463 e. The van der Waals surface area contributed by atoms with Crippen molar-refractivity contribution in [3.8, 4) is 0 Å². The highest BCUT2D eigenvalue weighted by Crippen LogP contribution is 2.00. The van der Waals surface area contributed by atoms with Gasteiger partial charge in [-0.05, 0) is 12.3 Å². The van der Waals surface area contributed by atoms with Crippen molar-refractivity contribution in [2.45, 2.75) is 46.1 Å². The summed E-state index contributed by atoms with van der Waals surface area (Å²) in [4.78, 5) is 11.3. The zero-order valence-electron chi connectivity index (χ0n) is 10.7. The van der Waals surface area contributed by atoms with Crippen LogP contribution in [0.5, 0.6) is 0 Å². The fraction of sp³-hybridized carbons (Fsp3) is 0.917. The summed E-state index contributed by atoms with van der Waals surface area (Å²) in [5.41, 5.74) is 5.72. The number of rotatable bonds is 9. The smallest absolute Gasteiger partial charge is 0.307 e. The highest BCUT2D eigenvalue weighted by Gasteiger charge is 2.09. The topological polar surface area (TPSA) is 61.6 Å². The predicted octanol–water partition coefficient (Wildman–Crippen LogP) is 1.72. The van der Waals surface area contributed by atoms with E-state index in [4.69, 9.17) is 15.2 Å². The molecule has 0 heterocycles. The van der Waals surface area contributed by atoms with E-state index in [1.807, 2.05) is 6.92 Å². The van der Waals surface area contributed by atoms with Crippen LogP contribution in [0.1, 0.15) is 40.0 Å². The van der Waals surface area contributed by atoms with Crippen molar-refractivity contribution in [3.63, 3.8) is 0 Å². The number of hydrogen-bond acceptors (Lipinski definition) is 4. The van der Waals surface area contributed by atoms with Crippen LogP contribution in [0.4, 0.5) is 0 Å². The second-order valence-electron chi connectivity index (χ2n) is 4.44. The van der Waals surface area contributed by atoms with Crippen LogP contribution in [0.25, 0.3) is 0 Å². The fourth-order valence-corrected chi connectivity index (χ4v) is 1.28. The Bertz CT molecular complexity index is 183. The molecule has 0 aliphatic carbocycles. The molecule has 4 nitrogen and oxygen atoms in total. The van der Waals surface area contributed by atoms with Gasteiger partial charge in [0.2, 0.25) is 0 Å². The summed E-state index contributed by atoms with van der Waals surface area (Å²) < 4.78 is 10.3. The third-order valence-corrected chi connectivity index (χ3v) is 2.03. The number of ether oxygens (including phenoxy) is 2. The normalized spacial score (nSPS) is 12.8.